The molecule has 1 heterocycles. The van der Waals surface area contributed by atoms with Crippen LogP contribution >= 0.6 is 24.0 Å². The lowest BCUT2D eigenvalue weighted by Crippen LogP contribution is -2.38. The molecule has 0 saturated carbocycles. The molecule has 1 rings (SSSR count). The highest BCUT2D eigenvalue weighted by Gasteiger charge is 2.31. The Hall–Kier alpha value is -0.290. The molecule has 0 radical (unpaired) electrons. The van der Waals surface area contributed by atoms with Crippen molar-refractivity contribution in [1.29, 1.82) is 0 Å². The predicted molar refractivity (Wildman–Crippen MR) is 53.5 cm³/mol. The van der Waals surface area contributed by atoms with Crippen molar-refractivity contribution in [3.05, 3.63) is 0 Å². The third kappa shape index (κ3) is 1.90. The summed E-state index contributed by atoms with van der Waals surface area (Å²) in [7, 11) is 0. The third-order valence-electron chi connectivity index (χ3n) is 1.95. The molecule has 1 N–H and O–H groups in total. The maximum absolute atomic E-state index is 10.7. The van der Waals surface area contributed by atoms with Crippen LogP contribution < -0.4 is 0 Å². The maximum Gasteiger partial charge on any atom is 0.326 e. The average Bonchev–Trinajstić information content (AvgIpc) is 2.50. The van der Waals surface area contributed by atoms with Crippen LogP contribution in [-0.2, 0) is 4.79 Å². The van der Waals surface area contributed by atoms with Crippen LogP contribution in [0.15, 0.2) is 0 Å². The molecule has 0 amide bonds. The van der Waals surface area contributed by atoms with E-state index in [1.165, 1.54) is 11.8 Å². The summed E-state index contributed by atoms with van der Waals surface area (Å²) in [5.74, 6) is -0.760. The molecule has 5 heteroatoms. The van der Waals surface area contributed by atoms with Crippen molar-refractivity contribution in [2.75, 3.05) is 12.8 Å². The Labute approximate surface area is 81.1 Å². The fraction of sp³-hybridized carbons (Fsp3) is 0.714. The highest BCUT2D eigenvalue weighted by molar-refractivity contribution is 8.22. The minimum Gasteiger partial charge on any atom is -0.480 e. The molecule has 0 spiro atoms. The first-order chi connectivity index (χ1) is 5.66. The second-order valence-electron chi connectivity index (χ2n) is 2.66. The van der Waals surface area contributed by atoms with E-state index >= 15 is 0 Å². The summed E-state index contributed by atoms with van der Waals surface area (Å²) in [5.41, 5.74) is 0. The van der Waals surface area contributed by atoms with Gasteiger partial charge in [0.25, 0.3) is 0 Å². The fourth-order valence-corrected chi connectivity index (χ4v) is 2.03. The molecule has 0 aromatic heterocycles. The lowest BCUT2D eigenvalue weighted by Gasteiger charge is -2.22. The van der Waals surface area contributed by atoms with E-state index in [1.807, 2.05) is 6.26 Å². The number of thioether (sulfide) groups is 1. The van der Waals surface area contributed by atoms with E-state index in [2.05, 4.69) is 0 Å². The zero-order chi connectivity index (χ0) is 9.14. The van der Waals surface area contributed by atoms with Crippen LogP contribution in [0.3, 0.4) is 0 Å². The quantitative estimate of drug-likeness (QED) is 0.651. The first-order valence-electron chi connectivity index (χ1n) is 3.74. The molecule has 1 aliphatic rings. The Bertz CT molecular complexity index is 208. The number of carboxylic acids is 1. The zero-order valence-corrected chi connectivity index (χ0v) is 8.45. The van der Waals surface area contributed by atoms with Gasteiger partial charge in [-0.3, -0.25) is 0 Å². The van der Waals surface area contributed by atoms with Crippen LogP contribution in [0.2, 0.25) is 0 Å². The summed E-state index contributed by atoms with van der Waals surface area (Å²) in [6.07, 6.45) is 3.52. The molecule has 1 atom stereocenters. The van der Waals surface area contributed by atoms with Crippen LogP contribution in [0, 0.1) is 0 Å². The smallest absolute Gasteiger partial charge is 0.326 e. The van der Waals surface area contributed by atoms with Crippen molar-refractivity contribution in [2.24, 2.45) is 0 Å². The second kappa shape index (κ2) is 4.09. The van der Waals surface area contributed by atoms with Gasteiger partial charge in [-0.15, -0.1) is 11.8 Å². The number of thiocarbonyl (C=S) groups is 1. The van der Waals surface area contributed by atoms with E-state index in [0.29, 0.717) is 4.32 Å². The predicted octanol–water partition coefficient (Wildman–Crippen LogP) is 1.18. The molecule has 1 aliphatic heterocycles. The van der Waals surface area contributed by atoms with E-state index in [-0.39, 0.29) is 6.04 Å². The number of hydrogen-bond acceptors (Lipinski definition) is 3. The van der Waals surface area contributed by atoms with Gasteiger partial charge in [0.2, 0.25) is 0 Å². The zero-order valence-electron chi connectivity index (χ0n) is 6.82. The minimum atomic E-state index is -0.760. The average molecular weight is 205 g/mol. The van der Waals surface area contributed by atoms with Crippen molar-refractivity contribution in [3.63, 3.8) is 0 Å². The monoisotopic (exact) mass is 205 g/mol. The molecule has 3 nitrogen and oxygen atoms in total. The topological polar surface area (TPSA) is 40.5 Å². The van der Waals surface area contributed by atoms with E-state index in [9.17, 15) is 4.79 Å². The van der Waals surface area contributed by atoms with Crippen LogP contribution in [-0.4, -0.2) is 39.1 Å². The Morgan fingerprint density at radius 2 is 2.42 bits per heavy atom. The van der Waals surface area contributed by atoms with Crippen molar-refractivity contribution in [1.82, 2.24) is 4.90 Å². The van der Waals surface area contributed by atoms with Gasteiger partial charge >= 0.3 is 5.97 Å². The highest BCUT2D eigenvalue weighted by atomic mass is 32.2. The summed E-state index contributed by atoms with van der Waals surface area (Å²) >= 11 is 6.47. The molecule has 0 aromatic carbocycles. The molecule has 1 fully saturated rings. The Morgan fingerprint density at radius 3 is 2.92 bits per heavy atom. The van der Waals surface area contributed by atoms with Gasteiger partial charge in [0, 0.05) is 6.54 Å². The summed E-state index contributed by atoms with van der Waals surface area (Å²) in [5, 5.41) is 8.82. The van der Waals surface area contributed by atoms with E-state index in [0.717, 1.165) is 19.4 Å². The van der Waals surface area contributed by atoms with Crippen LogP contribution in [0.4, 0.5) is 0 Å². The normalized spacial score (nSPS) is 22.8. The Balaban J connectivity index is 2.63. The maximum atomic E-state index is 10.7. The Kier molecular flexibility index (Phi) is 3.34. The lowest BCUT2D eigenvalue weighted by molar-refractivity contribution is -0.140. The summed E-state index contributed by atoms with van der Waals surface area (Å²) in [6.45, 7) is 0.788. The van der Waals surface area contributed by atoms with Crippen LogP contribution in [0.5, 0.6) is 0 Å². The van der Waals surface area contributed by atoms with Gasteiger partial charge in [-0.2, -0.15) is 0 Å². The fourth-order valence-electron chi connectivity index (χ4n) is 1.36. The summed E-state index contributed by atoms with van der Waals surface area (Å²) in [6, 6.07) is -0.384. The van der Waals surface area contributed by atoms with Crippen LogP contribution in [0.25, 0.3) is 0 Å². The number of hydrogen-bond donors (Lipinski definition) is 1. The van der Waals surface area contributed by atoms with E-state index < -0.39 is 5.97 Å². The number of likely N-dealkylation sites (tertiary alicyclic amines) is 1. The molecule has 12 heavy (non-hydrogen) atoms. The molecule has 68 valence electrons. The molecule has 0 bridgehead atoms. The van der Waals surface area contributed by atoms with Gasteiger partial charge < -0.3 is 10.0 Å². The van der Waals surface area contributed by atoms with Crippen molar-refractivity contribution < 1.29 is 9.90 Å². The van der Waals surface area contributed by atoms with Crippen LogP contribution in [0.1, 0.15) is 12.8 Å². The first kappa shape index (κ1) is 9.80. The van der Waals surface area contributed by atoms with Gasteiger partial charge in [-0.25, -0.2) is 4.79 Å². The molecule has 0 aromatic rings. The number of rotatable bonds is 1. The van der Waals surface area contributed by atoms with E-state index in [1.54, 1.807) is 4.90 Å². The number of aliphatic carboxylic acids is 1. The molecular formula is C7H11NO2S2. The second-order valence-corrected chi connectivity index (χ2v) is 4.10. The van der Waals surface area contributed by atoms with Gasteiger partial charge in [-0.05, 0) is 19.1 Å². The SMILES string of the molecule is CSC(=S)N1CCC[C@H]1C(=O)O. The Morgan fingerprint density at radius 1 is 1.75 bits per heavy atom. The van der Waals surface area contributed by atoms with Gasteiger partial charge in [-0.1, -0.05) is 12.2 Å². The van der Waals surface area contributed by atoms with E-state index in [4.69, 9.17) is 17.3 Å². The van der Waals surface area contributed by atoms with Crippen molar-refractivity contribution in [2.45, 2.75) is 18.9 Å². The molecular weight excluding hydrogens is 194 g/mol. The minimum absolute atomic E-state index is 0.384. The highest BCUT2D eigenvalue weighted by Crippen LogP contribution is 2.21. The first-order valence-corrected chi connectivity index (χ1v) is 5.37. The standard InChI is InChI=1S/C7H11NO2S2/c1-12-7(11)8-4-2-3-5(8)6(9)10/h5H,2-4H2,1H3,(H,9,10)/t5-/m0/s1. The molecule has 0 unspecified atom stereocenters. The third-order valence-corrected chi connectivity index (χ3v) is 3.27. The van der Waals surface area contributed by atoms with Crippen molar-refractivity contribution >= 4 is 34.3 Å². The molecule has 1 saturated heterocycles. The number of nitrogens with zero attached hydrogens (tertiary/aromatic N) is 1. The van der Waals surface area contributed by atoms with Gasteiger partial charge in [0.1, 0.15) is 10.4 Å². The summed E-state index contributed by atoms with van der Waals surface area (Å²) in [4.78, 5) is 12.5. The largest absolute Gasteiger partial charge is 0.480 e. The summed E-state index contributed by atoms with van der Waals surface area (Å²) < 4.78 is 0.694. The van der Waals surface area contributed by atoms with Crippen molar-refractivity contribution in [3.8, 4) is 0 Å². The number of carboxylic acid groups (broad SMARTS) is 1. The number of carbonyl (C=O) groups is 1. The van der Waals surface area contributed by atoms with Gasteiger partial charge in [0.05, 0.1) is 0 Å². The molecule has 0 aliphatic carbocycles. The van der Waals surface area contributed by atoms with Gasteiger partial charge in [0.15, 0.2) is 0 Å². The lowest BCUT2D eigenvalue weighted by atomic mass is 10.2.